The topological polar surface area (TPSA) is 0 Å². The fourth-order valence-electron chi connectivity index (χ4n) is 1.42. The van der Waals surface area contributed by atoms with Crippen molar-refractivity contribution in [3.05, 3.63) is 71.9 Å². The molecule has 0 heteroatoms. The molecule has 0 aliphatic heterocycles. The molecule has 0 amide bonds. The number of hydrogen-bond acceptors (Lipinski definition) is 0. The van der Waals surface area contributed by atoms with Crippen molar-refractivity contribution >= 4 is 0 Å². The molecule has 0 nitrogen and oxygen atoms in total. The summed E-state index contributed by atoms with van der Waals surface area (Å²) in [6.45, 7) is 15.8. The third-order valence-electron chi connectivity index (χ3n) is 2.42. The first kappa shape index (κ1) is 14.4. The van der Waals surface area contributed by atoms with Gasteiger partial charge in [-0.05, 0) is 50.0 Å². The molecule has 0 saturated heterocycles. The zero-order valence-electron chi connectivity index (χ0n) is 10.9. The van der Waals surface area contributed by atoms with Crippen molar-refractivity contribution in [2.75, 3.05) is 0 Å². The first-order valence-electron chi connectivity index (χ1n) is 5.54. The van der Waals surface area contributed by atoms with Crippen molar-refractivity contribution in [2.45, 2.75) is 27.7 Å². The lowest BCUT2D eigenvalue weighted by Crippen LogP contribution is -1.91. The maximum atomic E-state index is 3.83. The van der Waals surface area contributed by atoms with Crippen molar-refractivity contribution < 1.29 is 0 Å². The van der Waals surface area contributed by atoms with Crippen LogP contribution in [0.4, 0.5) is 0 Å². The normalized spacial score (nSPS) is 15.0. The fourth-order valence-corrected chi connectivity index (χ4v) is 1.42. The molecule has 0 aromatic carbocycles. The van der Waals surface area contributed by atoms with Crippen LogP contribution in [0.25, 0.3) is 0 Å². The average Bonchev–Trinajstić information content (AvgIpc) is 2.31. The second-order valence-electron chi connectivity index (χ2n) is 3.60. The molecule has 0 aromatic heterocycles. The molecule has 0 saturated carbocycles. The van der Waals surface area contributed by atoms with Gasteiger partial charge in [0.1, 0.15) is 0 Å². The van der Waals surface area contributed by atoms with Gasteiger partial charge in [0.15, 0.2) is 0 Å². The molecule has 0 bridgehead atoms. The van der Waals surface area contributed by atoms with E-state index in [1.165, 1.54) is 22.3 Å². The summed E-state index contributed by atoms with van der Waals surface area (Å²) in [5.74, 6) is 0. The van der Waals surface area contributed by atoms with Gasteiger partial charge in [0.2, 0.25) is 0 Å². The zero-order valence-corrected chi connectivity index (χ0v) is 10.9. The predicted molar refractivity (Wildman–Crippen MR) is 75.4 cm³/mol. The molecule has 0 aliphatic carbocycles. The molecule has 0 atom stereocenters. The summed E-state index contributed by atoms with van der Waals surface area (Å²) in [4.78, 5) is 0. The lowest BCUT2D eigenvalue weighted by Gasteiger charge is -2.10. The molecule has 0 rings (SSSR count). The molecule has 0 aliphatic rings. The van der Waals surface area contributed by atoms with Crippen LogP contribution < -0.4 is 0 Å². The Hall–Kier alpha value is -1.56. The van der Waals surface area contributed by atoms with Crippen molar-refractivity contribution in [3.63, 3.8) is 0 Å². The van der Waals surface area contributed by atoms with Gasteiger partial charge in [-0.3, -0.25) is 0 Å². The largest absolute Gasteiger partial charge is 0.0988 e. The van der Waals surface area contributed by atoms with Crippen LogP contribution in [0.15, 0.2) is 71.9 Å². The van der Waals surface area contributed by atoms with Gasteiger partial charge in [-0.15, -0.1) is 0 Å². The van der Waals surface area contributed by atoms with Gasteiger partial charge in [0, 0.05) is 0 Å². The van der Waals surface area contributed by atoms with E-state index in [4.69, 9.17) is 0 Å². The van der Waals surface area contributed by atoms with E-state index in [1.54, 1.807) is 0 Å². The van der Waals surface area contributed by atoms with Crippen molar-refractivity contribution in [1.82, 2.24) is 0 Å². The molecule has 86 valence electrons. The van der Waals surface area contributed by atoms with E-state index in [2.05, 4.69) is 39.2 Å². The Morgan fingerprint density at radius 1 is 0.750 bits per heavy atom. The van der Waals surface area contributed by atoms with E-state index in [1.807, 2.05) is 38.2 Å². The van der Waals surface area contributed by atoms with E-state index in [-0.39, 0.29) is 0 Å². The minimum atomic E-state index is 1.17. The van der Waals surface area contributed by atoms with Gasteiger partial charge < -0.3 is 0 Å². The summed E-state index contributed by atoms with van der Waals surface area (Å²) >= 11 is 0. The smallest absolute Gasteiger partial charge is 0.0156 e. The SMILES string of the molecule is C=C/C(C)=C(\C=C/C)C(/C=C\C)=C(\C)C=C. The molecular weight excluding hydrogens is 192 g/mol. The Kier molecular flexibility index (Phi) is 6.95. The Morgan fingerprint density at radius 3 is 1.25 bits per heavy atom. The van der Waals surface area contributed by atoms with E-state index >= 15 is 0 Å². The standard InChI is InChI=1S/C16H22/c1-7-11-15(13(5)9-3)16(12-8-2)14(6)10-4/h7-12H,3-4H2,1-2,5-6H3/b11-7-,12-8-,15-13+,16-14+. The number of rotatable bonds is 5. The summed E-state index contributed by atoms with van der Waals surface area (Å²) in [6, 6.07) is 0. The molecule has 16 heavy (non-hydrogen) atoms. The van der Waals surface area contributed by atoms with Gasteiger partial charge in [0.25, 0.3) is 0 Å². The van der Waals surface area contributed by atoms with Gasteiger partial charge in [0.05, 0.1) is 0 Å². The van der Waals surface area contributed by atoms with E-state index in [0.717, 1.165) is 0 Å². The summed E-state index contributed by atoms with van der Waals surface area (Å²) in [5, 5.41) is 0. The van der Waals surface area contributed by atoms with Crippen LogP contribution in [0.1, 0.15) is 27.7 Å². The van der Waals surface area contributed by atoms with Crippen LogP contribution in [0, 0.1) is 0 Å². The molecule has 0 heterocycles. The van der Waals surface area contributed by atoms with Crippen LogP contribution >= 0.6 is 0 Å². The van der Waals surface area contributed by atoms with Gasteiger partial charge >= 0.3 is 0 Å². The quantitative estimate of drug-likeness (QED) is 0.556. The highest BCUT2D eigenvalue weighted by atomic mass is 14.1. The molecule has 0 radical (unpaired) electrons. The van der Waals surface area contributed by atoms with Gasteiger partial charge in [-0.2, -0.15) is 0 Å². The van der Waals surface area contributed by atoms with E-state index < -0.39 is 0 Å². The molecule has 0 N–H and O–H groups in total. The molecule has 0 spiro atoms. The molecular formula is C16H22. The average molecular weight is 214 g/mol. The minimum Gasteiger partial charge on any atom is -0.0988 e. The first-order valence-corrected chi connectivity index (χ1v) is 5.54. The first-order chi connectivity index (χ1) is 7.62. The second-order valence-corrected chi connectivity index (χ2v) is 3.60. The summed E-state index contributed by atoms with van der Waals surface area (Å²) in [7, 11) is 0. The monoisotopic (exact) mass is 214 g/mol. The molecule has 0 unspecified atom stereocenters. The third kappa shape index (κ3) is 3.90. The van der Waals surface area contributed by atoms with E-state index in [9.17, 15) is 0 Å². The maximum Gasteiger partial charge on any atom is -0.0156 e. The second kappa shape index (κ2) is 7.70. The van der Waals surface area contributed by atoms with Crippen LogP contribution in [0.3, 0.4) is 0 Å². The maximum absolute atomic E-state index is 3.83. The Balaban J connectivity index is 5.84. The van der Waals surface area contributed by atoms with Crippen LogP contribution in [-0.4, -0.2) is 0 Å². The van der Waals surface area contributed by atoms with Gasteiger partial charge in [-0.1, -0.05) is 49.6 Å². The fraction of sp³-hybridized carbons (Fsp3) is 0.250. The predicted octanol–water partition coefficient (Wildman–Crippen LogP) is 5.14. The summed E-state index contributed by atoms with van der Waals surface area (Å²) in [6.07, 6.45) is 12.1. The summed E-state index contributed by atoms with van der Waals surface area (Å²) in [5.41, 5.74) is 4.75. The third-order valence-corrected chi connectivity index (χ3v) is 2.42. The van der Waals surface area contributed by atoms with E-state index in [0.29, 0.717) is 0 Å². The van der Waals surface area contributed by atoms with Crippen LogP contribution in [0.5, 0.6) is 0 Å². The van der Waals surface area contributed by atoms with Crippen LogP contribution in [-0.2, 0) is 0 Å². The molecule has 0 fully saturated rings. The zero-order chi connectivity index (χ0) is 12.6. The van der Waals surface area contributed by atoms with Crippen LogP contribution in [0.2, 0.25) is 0 Å². The van der Waals surface area contributed by atoms with Crippen molar-refractivity contribution in [2.24, 2.45) is 0 Å². The molecule has 0 aromatic rings. The Bertz CT molecular complexity index is 333. The lowest BCUT2D eigenvalue weighted by molar-refractivity contribution is 1.34. The summed E-state index contributed by atoms with van der Waals surface area (Å²) < 4.78 is 0. The lowest BCUT2D eigenvalue weighted by atomic mass is 9.95. The highest BCUT2D eigenvalue weighted by Gasteiger charge is 2.03. The highest BCUT2D eigenvalue weighted by molar-refractivity contribution is 5.54. The Labute approximate surface area is 100 Å². The number of hydrogen-bond donors (Lipinski definition) is 0. The Morgan fingerprint density at radius 2 is 1.06 bits per heavy atom. The minimum absolute atomic E-state index is 1.17. The van der Waals surface area contributed by atoms with Crippen molar-refractivity contribution in [3.8, 4) is 0 Å². The van der Waals surface area contributed by atoms with Gasteiger partial charge in [-0.25, -0.2) is 0 Å². The number of allylic oxidation sites excluding steroid dienone is 10. The van der Waals surface area contributed by atoms with Crippen molar-refractivity contribution in [1.29, 1.82) is 0 Å². The highest BCUT2D eigenvalue weighted by Crippen LogP contribution is 2.22.